The molecule has 0 unspecified atom stereocenters. The van der Waals surface area contributed by atoms with Crippen LogP contribution in [-0.4, -0.2) is 51.4 Å². The highest BCUT2D eigenvalue weighted by atomic mass is 32.2. The van der Waals surface area contributed by atoms with E-state index in [-0.39, 0.29) is 0 Å². The largest absolute Gasteiger partial charge is 0.387 e. The Labute approximate surface area is 114 Å². The minimum Gasteiger partial charge on any atom is -0.387 e. The number of hydrogen-bond donors (Lipinski definition) is 3. The Balaban J connectivity index is 1.95. The molecule has 5 heteroatoms. The highest BCUT2D eigenvalue weighted by Gasteiger charge is 2.41. The molecule has 1 saturated heterocycles. The molecule has 18 heavy (non-hydrogen) atoms. The van der Waals surface area contributed by atoms with Crippen molar-refractivity contribution in [2.45, 2.75) is 70.1 Å². The summed E-state index contributed by atoms with van der Waals surface area (Å²) >= 11 is 1.71. The van der Waals surface area contributed by atoms with Gasteiger partial charge in [0.05, 0.1) is 6.10 Å². The van der Waals surface area contributed by atoms with Crippen LogP contribution >= 0.6 is 11.8 Å². The van der Waals surface area contributed by atoms with Crippen LogP contribution in [0.25, 0.3) is 0 Å². The molecular formula is C13H26O4S. The van der Waals surface area contributed by atoms with Crippen LogP contribution in [0.1, 0.15) is 45.4 Å². The lowest BCUT2D eigenvalue weighted by Crippen LogP contribution is -2.33. The summed E-state index contributed by atoms with van der Waals surface area (Å²) < 4.78 is 5.08. The van der Waals surface area contributed by atoms with Gasteiger partial charge in [-0.1, -0.05) is 39.0 Å². The standard InChI is InChI=1S/C13H26O4S/c1-2-3-4-5-6-7-8-18-9-10-11(14)12(15)13(16)17-10/h10-16H,2-9H2,1H3/t10-,11-,12+,13+/m1/s1. The molecule has 0 aromatic carbocycles. The average Bonchev–Trinajstić information content (AvgIpc) is 2.60. The second-order valence-electron chi connectivity index (χ2n) is 4.89. The summed E-state index contributed by atoms with van der Waals surface area (Å²) in [6.07, 6.45) is 3.86. The van der Waals surface area contributed by atoms with Crippen molar-refractivity contribution in [1.29, 1.82) is 0 Å². The van der Waals surface area contributed by atoms with Crippen molar-refractivity contribution in [3.05, 3.63) is 0 Å². The minimum atomic E-state index is -1.24. The summed E-state index contributed by atoms with van der Waals surface area (Å²) in [4.78, 5) is 0. The lowest BCUT2D eigenvalue weighted by atomic mass is 10.1. The van der Waals surface area contributed by atoms with Crippen molar-refractivity contribution in [3.8, 4) is 0 Å². The first-order valence-corrected chi connectivity index (χ1v) is 8.09. The van der Waals surface area contributed by atoms with Gasteiger partial charge in [-0.05, 0) is 12.2 Å². The Morgan fingerprint density at radius 1 is 0.944 bits per heavy atom. The second-order valence-corrected chi connectivity index (χ2v) is 6.04. The van der Waals surface area contributed by atoms with Crippen molar-refractivity contribution in [2.24, 2.45) is 0 Å². The first kappa shape index (κ1) is 16.2. The normalized spacial score (nSPS) is 32.0. The summed E-state index contributed by atoms with van der Waals surface area (Å²) in [6, 6.07) is 0. The van der Waals surface area contributed by atoms with Crippen molar-refractivity contribution < 1.29 is 20.1 Å². The Morgan fingerprint density at radius 3 is 2.22 bits per heavy atom. The van der Waals surface area contributed by atoms with Crippen LogP contribution in [0.3, 0.4) is 0 Å². The van der Waals surface area contributed by atoms with Crippen LogP contribution in [0.2, 0.25) is 0 Å². The predicted molar refractivity (Wildman–Crippen MR) is 73.6 cm³/mol. The topological polar surface area (TPSA) is 69.9 Å². The molecule has 0 saturated carbocycles. The Bertz CT molecular complexity index is 215. The zero-order valence-electron chi connectivity index (χ0n) is 11.1. The van der Waals surface area contributed by atoms with Gasteiger partial charge in [-0.25, -0.2) is 0 Å². The predicted octanol–water partition coefficient (Wildman–Crippen LogP) is 1.52. The monoisotopic (exact) mass is 278 g/mol. The maximum Gasteiger partial charge on any atom is 0.183 e. The Kier molecular flexibility index (Phi) is 8.26. The molecular weight excluding hydrogens is 252 g/mol. The van der Waals surface area contributed by atoms with E-state index in [2.05, 4.69) is 6.92 Å². The first-order chi connectivity index (χ1) is 8.66. The highest BCUT2D eigenvalue weighted by Crippen LogP contribution is 2.23. The number of aliphatic hydroxyl groups is 3. The van der Waals surface area contributed by atoms with Gasteiger partial charge in [0.1, 0.15) is 12.2 Å². The van der Waals surface area contributed by atoms with Crippen molar-refractivity contribution >= 4 is 11.8 Å². The average molecular weight is 278 g/mol. The molecule has 1 rings (SSSR count). The molecule has 0 amide bonds. The van der Waals surface area contributed by atoms with Crippen LogP contribution < -0.4 is 0 Å². The third-order valence-corrected chi connectivity index (χ3v) is 4.40. The number of aliphatic hydroxyl groups excluding tert-OH is 3. The molecule has 108 valence electrons. The number of thioether (sulfide) groups is 1. The molecule has 0 spiro atoms. The van der Waals surface area contributed by atoms with E-state index in [0.717, 1.165) is 5.75 Å². The van der Waals surface area contributed by atoms with Crippen LogP contribution in [0, 0.1) is 0 Å². The van der Waals surface area contributed by atoms with E-state index < -0.39 is 24.6 Å². The number of ether oxygens (including phenoxy) is 1. The smallest absolute Gasteiger partial charge is 0.183 e. The van der Waals surface area contributed by atoms with Gasteiger partial charge in [-0.2, -0.15) is 11.8 Å². The molecule has 1 fully saturated rings. The molecule has 0 aliphatic carbocycles. The first-order valence-electron chi connectivity index (χ1n) is 6.94. The molecule has 3 N–H and O–H groups in total. The molecule has 0 radical (unpaired) electrons. The molecule has 4 nitrogen and oxygen atoms in total. The van der Waals surface area contributed by atoms with Crippen LogP contribution in [0.4, 0.5) is 0 Å². The molecule has 0 aromatic heterocycles. The van der Waals surface area contributed by atoms with E-state index in [9.17, 15) is 15.3 Å². The van der Waals surface area contributed by atoms with Gasteiger partial charge in [-0.15, -0.1) is 0 Å². The van der Waals surface area contributed by atoms with Gasteiger partial charge in [0.25, 0.3) is 0 Å². The minimum absolute atomic E-state index is 0.444. The summed E-state index contributed by atoms with van der Waals surface area (Å²) in [7, 11) is 0. The lowest BCUT2D eigenvalue weighted by molar-refractivity contribution is -0.123. The summed E-state index contributed by atoms with van der Waals surface area (Å²) in [5.41, 5.74) is 0. The van der Waals surface area contributed by atoms with Gasteiger partial charge >= 0.3 is 0 Å². The molecule has 0 bridgehead atoms. The van der Waals surface area contributed by atoms with E-state index in [0.29, 0.717) is 5.75 Å². The fourth-order valence-electron chi connectivity index (χ4n) is 2.05. The molecule has 1 aliphatic heterocycles. The maximum absolute atomic E-state index is 9.58. The number of unbranched alkanes of at least 4 members (excludes halogenated alkanes) is 5. The van der Waals surface area contributed by atoms with Crippen molar-refractivity contribution in [3.63, 3.8) is 0 Å². The summed E-state index contributed by atoms with van der Waals surface area (Å²) in [5, 5.41) is 28.1. The van der Waals surface area contributed by atoms with E-state index in [1.807, 2.05) is 0 Å². The quantitative estimate of drug-likeness (QED) is 0.558. The number of rotatable bonds is 9. The number of hydrogen-bond acceptors (Lipinski definition) is 5. The van der Waals surface area contributed by atoms with Crippen LogP contribution in [0.15, 0.2) is 0 Å². The van der Waals surface area contributed by atoms with Crippen LogP contribution in [-0.2, 0) is 4.74 Å². The van der Waals surface area contributed by atoms with E-state index in [1.165, 1.54) is 38.5 Å². The van der Waals surface area contributed by atoms with E-state index in [4.69, 9.17) is 4.74 Å². The van der Waals surface area contributed by atoms with Gasteiger partial charge in [0, 0.05) is 5.75 Å². The third kappa shape index (κ3) is 5.45. The highest BCUT2D eigenvalue weighted by molar-refractivity contribution is 7.99. The van der Waals surface area contributed by atoms with E-state index >= 15 is 0 Å². The lowest BCUT2D eigenvalue weighted by Gasteiger charge is -2.13. The molecule has 4 atom stereocenters. The fourth-order valence-corrected chi connectivity index (χ4v) is 3.13. The van der Waals surface area contributed by atoms with Crippen LogP contribution in [0.5, 0.6) is 0 Å². The zero-order valence-corrected chi connectivity index (χ0v) is 11.9. The van der Waals surface area contributed by atoms with Crippen molar-refractivity contribution in [2.75, 3.05) is 11.5 Å². The third-order valence-electron chi connectivity index (χ3n) is 3.26. The van der Waals surface area contributed by atoms with Gasteiger partial charge in [0.2, 0.25) is 0 Å². The molecule has 0 aromatic rings. The Hall–Kier alpha value is 0.190. The van der Waals surface area contributed by atoms with Gasteiger partial charge in [-0.3, -0.25) is 0 Å². The Morgan fingerprint density at radius 2 is 1.61 bits per heavy atom. The SMILES string of the molecule is CCCCCCCCSC[C@H]1O[C@H](O)[C@@H](O)[C@@H]1O. The fraction of sp³-hybridized carbons (Fsp3) is 1.00. The van der Waals surface area contributed by atoms with Crippen molar-refractivity contribution in [1.82, 2.24) is 0 Å². The second kappa shape index (κ2) is 9.15. The van der Waals surface area contributed by atoms with E-state index in [1.54, 1.807) is 11.8 Å². The molecule has 1 aliphatic rings. The van der Waals surface area contributed by atoms with Gasteiger partial charge in [0.15, 0.2) is 6.29 Å². The van der Waals surface area contributed by atoms with Gasteiger partial charge < -0.3 is 20.1 Å². The molecule has 1 heterocycles. The maximum atomic E-state index is 9.58. The summed E-state index contributed by atoms with van der Waals surface area (Å²) in [6.45, 7) is 2.21. The summed E-state index contributed by atoms with van der Waals surface area (Å²) in [5.74, 6) is 1.68. The zero-order chi connectivity index (χ0) is 13.4.